The van der Waals surface area contributed by atoms with E-state index in [0.717, 1.165) is 38.5 Å². The SMILES string of the molecule is CC(C)CC1CCCC(O)(C2CCCC(S(C)(=O)=O)C2)C1. The summed E-state index contributed by atoms with van der Waals surface area (Å²) in [5.41, 5.74) is -0.610. The maximum Gasteiger partial charge on any atom is 0.150 e. The fraction of sp³-hybridized carbons (Fsp3) is 1.00. The van der Waals surface area contributed by atoms with Crippen LogP contribution in [0.3, 0.4) is 0 Å². The van der Waals surface area contributed by atoms with Gasteiger partial charge >= 0.3 is 0 Å². The Morgan fingerprint density at radius 1 is 1.19 bits per heavy atom. The maximum atomic E-state index is 11.8. The first-order valence-corrected chi connectivity index (χ1v) is 10.6. The van der Waals surface area contributed by atoms with Gasteiger partial charge in [0.15, 0.2) is 0 Å². The minimum atomic E-state index is -2.97. The molecule has 4 unspecified atom stereocenters. The van der Waals surface area contributed by atoms with Crippen molar-refractivity contribution < 1.29 is 13.5 Å². The van der Waals surface area contributed by atoms with Crippen LogP contribution in [0.1, 0.15) is 71.6 Å². The van der Waals surface area contributed by atoms with Crippen molar-refractivity contribution >= 4 is 9.84 Å². The highest BCUT2D eigenvalue weighted by Crippen LogP contribution is 2.45. The molecule has 0 aliphatic heterocycles. The molecular weight excluding hydrogens is 284 g/mol. The minimum absolute atomic E-state index is 0.181. The van der Waals surface area contributed by atoms with Crippen LogP contribution in [0.25, 0.3) is 0 Å². The first kappa shape index (κ1) is 17.3. The first-order chi connectivity index (χ1) is 9.71. The zero-order chi connectivity index (χ0) is 15.7. The molecule has 2 aliphatic rings. The monoisotopic (exact) mass is 316 g/mol. The second-order valence-electron chi connectivity index (χ2n) is 8.01. The Morgan fingerprint density at radius 3 is 2.52 bits per heavy atom. The van der Waals surface area contributed by atoms with Gasteiger partial charge in [-0.25, -0.2) is 8.42 Å². The summed E-state index contributed by atoms with van der Waals surface area (Å²) in [6.45, 7) is 4.49. The highest BCUT2D eigenvalue weighted by Gasteiger charge is 2.44. The first-order valence-electron chi connectivity index (χ1n) is 8.62. The Morgan fingerprint density at radius 2 is 1.90 bits per heavy atom. The lowest BCUT2D eigenvalue weighted by atomic mass is 9.66. The Hall–Kier alpha value is -0.0900. The average molecular weight is 317 g/mol. The fourth-order valence-corrected chi connectivity index (χ4v) is 5.84. The predicted octanol–water partition coefficient (Wildman–Crippen LogP) is 3.56. The molecule has 0 bridgehead atoms. The van der Waals surface area contributed by atoms with Gasteiger partial charge in [0.1, 0.15) is 9.84 Å². The zero-order valence-electron chi connectivity index (χ0n) is 13.8. The third kappa shape index (κ3) is 4.44. The number of rotatable bonds is 4. The molecule has 21 heavy (non-hydrogen) atoms. The second-order valence-corrected chi connectivity index (χ2v) is 10.3. The summed E-state index contributed by atoms with van der Waals surface area (Å²) in [6.07, 6.45) is 9.99. The van der Waals surface area contributed by atoms with Crippen molar-refractivity contribution in [1.29, 1.82) is 0 Å². The van der Waals surface area contributed by atoms with E-state index in [0.29, 0.717) is 18.3 Å². The van der Waals surface area contributed by atoms with Gasteiger partial charge in [0.25, 0.3) is 0 Å². The molecule has 0 aromatic carbocycles. The van der Waals surface area contributed by atoms with Gasteiger partial charge in [-0.15, -0.1) is 0 Å². The van der Waals surface area contributed by atoms with Gasteiger partial charge in [-0.3, -0.25) is 0 Å². The molecular formula is C17H32O3S. The number of sulfone groups is 1. The van der Waals surface area contributed by atoms with Crippen molar-refractivity contribution in [3.63, 3.8) is 0 Å². The van der Waals surface area contributed by atoms with Crippen LogP contribution in [-0.4, -0.2) is 30.6 Å². The van der Waals surface area contributed by atoms with Crippen LogP contribution in [0, 0.1) is 17.8 Å². The lowest BCUT2D eigenvalue weighted by Crippen LogP contribution is -2.46. The van der Waals surface area contributed by atoms with Gasteiger partial charge in [0.05, 0.1) is 10.9 Å². The number of hydrogen-bond acceptors (Lipinski definition) is 3. The van der Waals surface area contributed by atoms with Crippen LogP contribution in [0.15, 0.2) is 0 Å². The van der Waals surface area contributed by atoms with E-state index in [1.165, 1.54) is 19.1 Å². The molecule has 4 heteroatoms. The number of hydrogen-bond donors (Lipinski definition) is 1. The van der Waals surface area contributed by atoms with Gasteiger partial charge in [0, 0.05) is 6.26 Å². The third-order valence-electron chi connectivity index (χ3n) is 5.66. The molecule has 3 nitrogen and oxygen atoms in total. The molecule has 0 saturated heterocycles. The summed E-state index contributed by atoms with van der Waals surface area (Å²) in [5.74, 6) is 1.47. The summed E-state index contributed by atoms with van der Waals surface area (Å²) in [7, 11) is -2.97. The van der Waals surface area contributed by atoms with E-state index < -0.39 is 15.4 Å². The van der Waals surface area contributed by atoms with Crippen LogP contribution < -0.4 is 0 Å². The molecule has 2 saturated carbocycles. The highest BCUT2D eigenvalue weighted by atomic mass is 32.2. The second kappa shape index (κ2) is 6.57. The molecule has 0 heterocycles. The standard InChI is InChI=1S/C17H32O3S/c1-13(2)10-14-6-5-9-17(18,12-14)15-7-4-8-16(11-15)21(3,19)20/h13-16,18H,4-12H2,1-3H3. The van der Waals surface area contributed by atoms with Crippen LogP contribution in [0.4, 0.5) is 0 Å². The highest BCUT2D eigenvalue weighted by molar-refractivity contribution is 7.91. The van der Waals surface area contributed by atoms with E-state index >= 15 is 0 Å². The average Bonchev–Trinajstić information content (AvgIpc) is 2.37. The molecule has 2 aliphatic carbocycles. The van der Waals surface area contributed by atoms with Gasteiger partial charge in [-0.1, -0.05) is 33.1 Å². The quantitative estimate of drug-likeness (QED) is 0.863. The summed E-state index contributed by atoms with van der Waals surface area (Å²) in [5, 5.41) is 10.9. The number of aliphatic hydroxyl groups is 1. The van der Waals surface area contributed by atoms with E-state index in [1.807, 2.05) is 0 Å². The van der Waals surface area contributed by atoms with Crippen LogP contribution in [0.5, 0.6) is 0 Å². The van der Waals surface area contributed by atoms with E-state index in [9.17, 15) is 13.5 Å². The van der Waals surface area contributed by atoms with Crippen molar-refractivity contribution in [1.82, 2.24) is 0 Å². The van der Waals surface area contributed by atoms with Crippen LogP contribution >= 0.6 is 0 Å². The van der Waals surface area contributed by atoms with Gasteiger partial charge in [-0.05, 0) is 56.3 Å². The smallest absolute Gasteiger partial charge is 0.150 e. The van der Waals surface area contributed by atoms with E-state index in [1.54, 1.807) is 0 Å². The Labute approximate surface area is 130 Å². The van der Waals surface area contributed by atoms with Crippen molar-refractivity contribution in [2.45, 2.75) is 82.5 Å². The maximum absolute atomic E-state index is 11.8. The molecule has 0 radical (unpaired) electrons. The largest absolute Gasteiger partial charge is 0.390 e. The van der Waals surface area contributed by atoms with E-state index in [-0.39, 0.29) is 11.2 Å². The third-order valence-corrected chi connectivity index (χ3v) is 7.30. The van der Waals surface area contributed by atoms with E-state index in [4.69, 9.17) is 0 Å². The van der Waals surface area contributed by atoms with Gasteiger partial charge in [0.2, 0.25) is 0 Å². The zero-order valence-corrected chi connectivity index (χ0v) is 14.7. The molecule has 2 fully saturated rings. The van der Waals surface area contributed by atoms with Crippen molar-refractivity contribution in [3.05, 3.63) is 0 Å². The Balaban J connectivity index is 2.04. The Bertz CT molecular complexity index is 443. The lowest BCUT2D eigenvalue weighted by molar-refractivity contribution is -0.0776. The van der Waals surface area contributed by atoms with Gasteiger partial charge in [-0.2, -0.15) is 0 Å². The fourth-order valence-electron chi connectivity index (χ4n) is 4.66. The molecule has 4 atom stereocenters. The Kier molecular flexibility index (Phi) is 5.40. The van der Waals surface area contributed by atoms with Crippen LogP contribution in [-0.2, 0) is 9.84 Å². The lowest BCUT2D eigenvalue weighted by Gasteiger charge is -2.45. The molecule has 0 aromatic heterocycles. The molecule has 0 spiro atoms. The predicted molar refractivity (Wildman–Crippen MR) is 87.0 cm³/mol. The molecule has 1 N–H and O–H groups in total. The summed E-state index contributed by atoms with van der Waals surface area (Å²) >= 11 is 0. The van der Waals surface area contributed by atoms with Crippen molar-refractivity contribution in [2.75, 3.05) is 6.26 Å². The molecule has 0 aromatic rings. The summed E-state index contributed by atoms with van der Waals surface area (Å²) in [4.78, 5) is 0. The summed E-state index contributed by atoms with van der Waals surface area (Å²) < 4.78 is 23.7. The van der Waals surface area contributed by atoms with Crippen molar-refractivity contribution in [2.24, 2.45) is 17.8 Å². The minimum Gasteiger partial charge on any atom is -0.390 e. The normalized spacial score (nSPS) is 38.6. The van der Waals surface area contributed by atoms with Gasteiger partial charge < -0.3 is 5.11 Å². The van der Waals surface area contributed by atoms with E-state index in [2.05, 4.69) is 13.8 Å². The molecule has 0 amide bonds. The molecule has 124 valence electrons. The van der Waals surface area contributed by atoms with Crippen molar-refractivity contribution in [3.8, 4) is 0 Å². The summed E-state index contributed by atoms with van der Waals surface area (Å²) in [6, 6.07) is 0. The molecule has 2 rings (SSSR count). The topological polar surface area (TPSA) is 54.4 Å². The van der Waals surface area contributed by atoms with Crippen LogP contribution in [0.2, 0.25) is 0 Å².